The van der Waals surface area contributed by atoms with Crippen molar-refractivity contribution >= 4 is 27.0 Å². The van der Waals surface area contributed by atoms with Crippen molar-refractivity contribution in [2.45, 2.75) is 37.2 Å². The van der Waals surface area contributed by atoms with Gasteiger partial charge in [0.15, 0.2) is 0 Å². The van der Waals surface area contributed by atoms with Gasteiger partial charge in [0, 0.05) is 42.2 Å². The molecule has 26 heavy (non-hydrogen) atoms. The molecule has 9 heteroatoms. The number of hydrogen-bond donors (Lipinski definition) is 1. The number of hydrogen-bond acceptors (Lipinski definition) is 6. The number of thiophene rings is 1. The lowest BCUT2D eigenvalue weighted by atomic mass is 9.97. The van der Waals surface area contributed by atoms with Crippen molar-refractivity contribution in [3.8, 4) is 0 Å². The molecular formula is C17H21N3O4S2. The largest absolute Gasteiger partial charge is 0.291 e. The minimum absolute atomic E-state index is 0.0309. The maximum Gasteiger partial charge on any atom is 0.269 e. The summed E-state index contributed by atoms with van der Waals surface area (Å²) in [4.78, 5) is 13.8. The zero-order valence-corrected chi connectivity index (χ0v) is 16.2. The van der Waals surface area contributed by atoms with E-state index in [0.717, 1.165) is 6.42 Å². The van der Waals surface area contributed by atoms with Crippen LogP contribution in [0.25, 0.3) is 0 Å². The first-order valence-corrected chi connectivity index (χ1v) is 10.7. The van der Waals surface area contributed by atoms with Gasteiger partial charge in [0.2, 0.25) is 10.0 Å². The van der Waals surface area contributed by atoms with Crippen molar-refractivity contribution < 1.29 is 13.3 Å². The number of fused-ring (bicyclic) bond motifs is 1. The second kappa shape index (κ2) is 7.43. The van der Waals surface area contributed by atoms with Gasteiger partial charge >= 0.3 is 0 Å². The van der Waals surface area contributed by atoms with Crippen LogP contribution in [-0.4, -0.2) is 37.4 Å². The summed E-state index contributed by atoms with van der Waals surface area (Å²) in [6, 6.07) is 7.67. The van der Waals surface area contributed by atoms with E-state index in [9.17, 15) is 18.5 Å². The average molecular weight is 396 g/mol. The van der Waals surface area contributed by atoms with E-state index in [1.165, 1.54) is 34.7 Å². The van der Waals surface area contributed by atoms with Gasteiger partial charge in [-0.15, -0.1) is 11.3 Å². The van der Waals surface area contributed by atoms with Gasteiger partial charge in [0.05, 0.1) is 9.82 Å². The first-order chi connectivity index (χ1) is 12.3. The highest BCUT2D eigenvalue weighted by Crippen LogP contribution is 2.35. The van der Waals surface area contributed by atoms with E-state index < -0.39 is 14.9 Å². The summed E-state index contributed by atoms with van der Waals surface area (Å²) in [5, 5.41) is 12.8. The molecule has 0 aliphatic carbocycles. The van der Waals surface area contributed by atoms with Gasteiger partial charge in [0.25, 0.3) is 5.69 Å². The highest BCUT2D eigenvalue weighted by molar-refractivity contribution is 7.89. The molecule has 0 fully saturated rings. The zero-order valence-electron chi connectivity index (χ0n) is 14.6. The summed E-state index contributed by atoms with van der Waals surface area (Å²) in [6.45, 7) is 5.19. The van der Waals surface area contributed by atoms with Crippen molar-refractivity contribution in [2.24, 2.45) is 0 Å². The molecular weight excluding hydrogens is 374 g/mol. The third kappa shape index (κ3) is 3.80. The fourth-order valence-corrected chi connectivity index (χ4v) is 5.44. The summed E-state index contributed by atoms with van der Waals surface area (Å²) in [5.74, 6) is 0. The molecule has 0 amide bonds. The average Bonchev–Trinajstić information content (AvgIpc) is 3.06. The molecule has 1 aromatic heterocycles. The number of rotatable bonds is 6. The quantitative estimate of drug-likeness (QED) is 0.600. The Morgan fingerprint density at radius 1 is 1.27 bits per heavy atom. The molecule has 0 saturated heterocycles. The van der Waals surface area contributed by atoms with Crippen LogP contribution in [0.4, 0.5) is 5.69 Å². The van der Waals surface area contributed by atoms with Crippen LogP contribution < -0.4 is 4.72 Å². The van der Waals surface area contributed by atoms with Gasteiger partial charge in [-0.2, -0.15) is 0 Å². The maximum atomic E-state index is 12.4. The Balaban J connectivity index is 1.62. The zero-order chi connectivity index (χ0) is 18.9. The highest BCUT2D eigenvalue weighted by atomic mass is 32.2. The Morgan fingerprint density at radius 2 is 1.96 bits per heavy atom. The van der Waals surface area contributed by atoms with Crippen molar-refractivity contribution in [3.05, 3.63) is 56.3 Å². The summed E-state index contributed by atoms with van der Waals surface area (Å²) < 4.78 is 27.3. The van der Waals surface area contributed by atoms with Crippen molar-refractivity contribution in [1.29, 1.82) is 0 Å². The number of nitrogens with one attached hydrogen (secondary N) is 1. The van der Waals surface area contributed by atoms with Gasteiger partial charge in [-0.1, -0.05) is 0 Å². The van der Waals surface area contributed by atoms with E-state index in [4.69, 9.17) is 0 Å². The molecule has 1 aliphatic heterocycles. The summed E-state index contributed by atoms with van der Waals surface area (Å²) in [5.41, 5.74) is 1.25. The van der Waals surface area contributed by atoms with Crippen molar-refractivity contribution in [3.63, 3.8) is 0 Å². The third-order valence-corrected chi connectivity index (χ3v) is 7.37. The van der Waals surface area contributed by atoms with Gasteiger partial charge in [-0.05, 0) is 49.4 Å². The monoisotopic (exact) mass is 395 g/mol. The molecule has 0 saturated carbocycles. The first-order valence-electron chi connectivity index (χ1n) is 8.35. The van der Waals surface area contributed by atoms with E-state index in [1.54, 1.807) is 11.3 Å². The van der Waals surface area contributed by atoms with Crippen LogP contribution in [-0.2, 0) is 16.4 Å². The molecule has 0 unspecified atom stereocenters. The smallest absolute Gasteiger partial charge is 0.269 e. The van der Waals surface area contributed by atoms with Gasteiger partial charge in [-0.3, -0.25) is 15.0 Å². The fraction of sp³-hybridized carbons (Fsp3) is 0.412. The summed E-state index contributed by atoms with van der Waals surface area (Å²) in [6.07, 6.45) is 0.971. The molecule has 7 nitrogen and oxygen atoms in total. The second-order valence-corrected chi connectivity index (χ2v) is 9.14. The lowest BCUT2D eigenvalue weighted by molar-refractivity contribution is -0.384. The van der Waals surface area contributed by atoms with E-state index >= 15 is 0 Å². The Labute approximate surface area is 156 Å². The molecule has 140 valence electrons. The number of nitrogens with zero attached hydrogens (tertiary/aromatic N) is 2. The molecule has 1 aliphatic rings. The Bertz CT molecular complexity index is 893. The topological polar surface area (TPSA) is 92.6 Å². The van der Waals surface area contributed by atoms with Crippen LogP contribution in [0, 0.1) is 10.1 Å². The van der Waals surface area contributed by atoms with E-state index in [1.807, 2.05) is 0 Å². The fourth-order valence-electron chi connectivity index (χ4n) is 3.40. The molecule has 1 N–H and O–H groups in total. The predicted octanol–water partition coefficient (Wildman–Crippen LogP) is 2.94. The van der Waals surface area contributed by atoms with Crippen LogP contribution >= 0.6 is 11.3 Å². The van der Waals surface area contributed by atoms with Crippen LogP contribution in [0.1, 0.15) is 30.3 Å². The second-order valence-electron chi connectivity index (χ2n) is 6.43. The molecule has 2 aromatic rings. The van der Waals surface area contributed by atoms with Crippen LogP contribution in [0.3, 0.4) is 0 Å². The van der Waals surface area contributed by atoms with Crippen molar-refractivity contribution in [1.82, 2.24) is 9.62 Å². The number of benzene rings is 1. The minimum atomic E-state index is -3.68. The normalized spacial score (nSPS) is 20.7. The predicted molar refractivity (Wildman–Crippen MR) is 101 cm³/mol. The highest BCUT2D eigenvalue weighted by Gasteiger charge is 2.30. The number of non-ortho nitro benzene ring substituents is 1. The number of sulfonamides is 1. The third-order valence-electron chi connectivity index (χ3n) is 4.76. The molecule has 3 rings (SSSR count). The Kier molecular flexibility index (Phi) is 5.42. The molecule has 1 aromatic carbocycles. The van der Waals surface area contributed by atoms with E-state index in [-0.39, 0.29) is 23.2 Å². The van der Waals surface area contributed by atoms with E-state index in [0.29, 0.717) is 12.6 Å². The molecule has 0 bridgehead atoms. The summed E-state index contributed by atoms with van der Waals surface area (Å²) >= 11 is 1.74. The SMILES string of the molecule is C[C@H]1Cc2ccsc2[C@H](C)N1CCNS(=O)(=O)c1ccc([N+](=O)[O-])cc1. The number of nitro groups is 1. The Hall–Kier alpha value is -1.81. The molecule has 2 atom stereocenters. The molecule has 0 spiro atoms. The first kappa shape index (κ1) is 19.0. The van der Waals surface area contributed by atoms with Gasteiger partial charge in [0.1, 0.15) is 0 Å². The van der Waals surface area contributed by atoms with Crippen LogP contribution in [0.2, 0.25) is 0 Å². The Morgan fingerprint density at radius 3 is 2.62 bits per heavy atom. The van der Waals surface area contributed by atoms with Crippen LogP contribution in [0.5, 0.6) is 0 Å². The molecule has 2 heterocycles. The lowest BCUT2D eigenvalue weighted by Crippen LogP contribution is -2.44. The van der Waals surface area contributed by atoms with Gasteiger partial charge < -0.3 is 0 Å². The summed E-state index contributed by atoms with van der Waals surface area (Å²) in [7, 11) is -3.68. The van der Waals surface area contributed by atoms with Crippen LogP contribution in [0.15, 0.2) is 40.6 Å². The maximum absolute atomic E-state index is 12.4. The molecule has 0 radical (unpaired) electrons. The van der Waals surface area contributed by atoms with E-state index in [2.05, 4.69) is 34.9 Å². The standard InChI is InChI=1S/C17H21N3O4S2/c1-12-11-14-7-10-25-17(14)13(2)19(12)9-8-18-26(23,24)16-5-3-15(4-6-16)20(21)22/h3-7,10,12-13,18H,8-9,11H2,1-2H3/t12-,13-/m0/s1. The van der Waals surface area contributed by atoms with Crippen molar-refractivity contribution in [2.75, 3.05) is 13.1 Å². The van der Waals surface area contributed by atoms with Gasteiger partial charge in [-0.25, -0.2) is 13.1 Å². The lowest BCUT2D eigenvalue weighted by Gasteiger charge is -2.38. The minimum Gasteiger partial charge on any atom is -0.291 e. The number of nitro benzene ring substituents is 1.